The molecular weight excluding hydrogens is 378 g/mol. The molecule has 2 bridgehead atoms. The minimum atomic E-state index is -0.254. The quantitative estimate of drug-likeness (QED) is 0.565. The van der Waals surface area contributed by atoms with E-state index >= 15 is 0 Å². The third-order valence-electron chi connectivity index (χ3n) is 5.56. The lowest BCUT2D eigenvalue weighted by Gasteiger charge is -2.36. The van der Waals surface area contributed by atoms with E-state index in [9.17, 15) is 9.59 Å². The van der Waals surface area contributed by atoms with Gasteiger partial charge in [0, 0.05) is 37.5 Å². The van der Waals surface area contributed by atoms with Crippen LogP contribution >= 0.6 is 11.6 Å². The van der Waals surface area contributed by atoms with Crippen molar-refractivity contribution in [3.05, 3.63) is 22.7 Å². The summed E-state index contributed by atoms with van der Waals surface area (Å²) in [5.41, 5.74) is 0.751. The summed E-state index contributed by atoms with van der Waals surface area (Å²) < 4.78 is 5.72. The second-order valence-corrected chi connectivity index (χ2v) is 7.91. The van der Waals surface area contributed by atoms with Crippen LogP contribution in [0.15, 0.2) is 12.1 Å². The van der Waals surface area contributed by atoms with Gasteiger partial charge in [0.25, 0.3) is 5.91 Å². The number of fused-ring (bicyclic) bond motifs is 2. The Kier molecular flexibility index (Phi) is 6.48. The topological polar surface area (TPSA) is 70.7 Å². The molecule has 0 aliphatic carbocycles. The largest absolute Gasteiger partial charge is 0.492 e. The molecule has 2 atom stereocenters. The van der Waals surface area contributed by atoms with E-state index in [2.05, 4.69) is 28.5 Å². The van der Waals surface area contributed by atoms with Crippen LogP contribution in [-0.4, -0.2) is 48.5 Å². The van der Waals surface area contributed by atoms with E-state index in [4.69, 9.17) is 22.8 Å². The van der Waals surface area contributed by atoms with Crippen molar-refractivity contribution in [2.45, 2.75) is 57.2 Å². The Morgan fingerprint density at radius 2 is 2.00 bits per heavy atom. The first-order valence-electron chi connectivity index (χ1n) is 9.59. The van der Waals surface area contributed by atoms with E-state index in [1.54, 1.807) is 6.07 Å². The number of terminal acetylenes is 1. The number of benzene rings is 1. The Labute approximate surface area is 170 Å². The average molecular weight is 404 g/mol. The van der Waals surface area contributed by atoms with Gasteiger partial charge in [0.05, 0.1) is 22.9 Å². The highest BCUT2D eigenvalue weighted by atomic mass is 35.5. The van der Waals surface area contributed by atoms with Gasteiger partial charge in [-0.2, -0.15) is 0 Å². The molecule has 0 radical (unpaired) electrons. The second-order valence-electron chi connectivity index (χ2n) is 7.50. The molecule has 3 rings (SSSR count). The first-order chi connectivity index (χ1) is 13.4. The molecular formula is C21H26ClN3O3. The molecule has 0 aromatic heterocycles. The predicted molar refractivity (Wildman–Crippen MR) is 110 cm³/mol. The minimum absolute atomic E-state index is 0.133. The van der Waals surface area contributed by atoms with Gasteiger partial charge in [-0.3, -0.25) is 9.59 Å². The molecule has 7 heteroatoms. The Hall–Kier alpha value is -2.23. The zero-order valence-electron chi connectivity index (χ0n) is 16.3. The third kappa shape index (κ3) is 4.60. The molecule has 2 fully saturated rings. The Balaban J connectivity index is 1.78. The maximum atomic E-state index is 13.0. The van der Waals surface area contributed by atoms with Crippen LogP contribution in [-0.2, 0) is 4.79 Å². The highest BCUT2D eigenvalue weighted by Gasteiger charge is 2.39. The van der Waals surface area contributed by atoms with Crippen LogP contribution in [0.1, 0.15) is 49.4 Å². The first kappa shape index (κ1) is 20.5. The number of piperidine rings is 1. The summed E-state index contributed by atoms with van der Waals surface area (Å²) in [4.78, 5) is 26.8. The van der Waals surface area contributed by atoms with Gasteiger partial charge < -0.3 is 20.3 Å². The summed E-state index contributed by atoms with van der Waals surface area (Å²) in [7, 11) is 2.16. The molecule has 6 nitrogen and oxygen atoms in total. The molecule has 1 aromatic carbocycles. The summed E-state index contributed by atoms with van der Waals surface area (Å²) >= 11 is 6.28. The van der Waals surface area contributed by atoms with E-state index in [1.807, 2.05) is 0 Å². The van der Waals surface area contributed by atoms with Crippen molar-refractivity contribution in [3.8, 4) is 18.1 Å². The Morgan fingerprint density at radius 1 is 1.32 bits per heavy atom. The number of ether oxygens (including phenoxy) is 1. The lowest BCUT2D eigenvalue weighted by atomic mass is 9.97. The number of halogens is 1. The van der Waals surface area contributed by atoms with E-state index in [-0.39, 0.29) is 29.5 Å². The summed E-state index contributed by atoms with van der Waals surface area (Å²) in [6.07, 6.45) is 9.97. The van der Waals surface area contributed by atoms with Gasteiger partial charge in [-0.25, -0.2) is 0 Å². The van der Waals surface area contributed by atoms with Crippen molar-refractivity contribution in [3.63, 3.8) is 0 Å². The third-order valence-corrected chi connectivity index (χ3v) is 5.87. The lowest BCUT2D eigenvalue weighted by Crippen LogP contribution is -2.48. The van der Waals surface area contributed by atoms with Crippen molar-refractivity contribution >= 4 is 29.1 Å². The predicted octanol–water partition coefficient (Wildman–Crippen LogP) is 3.06. The average Bonchev–Trinajstić information content (AvgIpc) is 2.85. The second kappa shape index (κ2) is 8.85. The van der Waals surface area contributed by atoms with E-state index < -0.39 is 0 Å². The number of amides is 2. The molecule has 2 N–H and O–H groups in total. The molecule has 1 aromatic rings. The fourth-order valence-corrected chi connectivity index (χ4v) is 4.36. The number of rotatable bonds is 6. The van der Waals surface area contributed by atoms with Crippen LogP contribution in [0.5, 0.6) is 5.75 Å². The SMILES string of the molecule is C#CCCOc1cc(NC(C)=O)c(Cl)cc1C(=O)NC1CC2CCC(C1)N2C. The molecule has 2 saturated heterocycles. The fourth-order valence-electron chi connectivity index (χ4n) is 4.15. The summed E-state index contributed by atoms with van der Waals surface area (Å²) in [6, 6.07) is 4.31. The number of carbonyl (C=O) groups excluding carboxylic acids is 2. The lowest BCUT2D eigenvalue weighted by molar-refractivity contribution is -0.114. The smallest absolute Gasteiger partial charge is 0.255 e. The van der Waals surface area contributed by atoms with Gasteiger partial charge >= 0.3 is 0 Å². The Morgan fingerprint density at radius 3 is 2.61 bits per heavy atom. The van der Waals surface area contributed by atoms with Gasteiger partial charge in [-0.15, -0.1) is 12.3 Å². The molecule has 2 unspecified atom stereocenters. The monoisotopic (exact) mass is 403 g/mol. The van der Waals surface area contributed by atoms with Crippen LogP contribution in [0.2, 0.25) is 5.02 Å². The summed E-state index contributed by atoms with van der Waals surface area (Å²) in [6.45, 7) is 1.67. The van der Waals surface area contributed by atoms with E-state index in [1.165, 1.54) is 25.8 Å². The van der Waals surface area contributed by atoms with E-state index in [0.717, 1.165) is 12.8 Å². The van der Waals surface area contributed by atoms with Crippen molar-refractivity contribution in [2.24, 2.45) is 0 Å². The number of anilines is 1. The Bertz CT molecular complexity index is 791. The van der Waals surface area contributed by atoms with Gasteiger partial charge in [0.15, 0.2) is 0 Å². The van der Waals surface area contributed by atoms with Crippen molar-refractivity contribution < 1.29 is 14.3 Å². The van der Waals surface area contributed by atoms with Crippen LogP contribution < -0.4 is 15.4 Å². The normalized spacial score (nSPS) is 23.7. The summed E-state index contributed by atoms with van der Waals surface area (Å²) in [5, 5.41) is 6.08. The van der Waals surface area contributed by atoms with Crippen LogP contribution in [0.3, 0.4) is 0 Å². The number of nitrogens with zero attached hydrogens (tertiary/aromatic N) is 1. The van der Waals surface area contributed by atoms with Crippen LogP contribution in [0.25, 0.3) is 0 Å². The van der Waals surface area contributed by atoms with Crippen molar-refractivity contribution in [1.29, 1.82) is 0 Å². The standard InChI is InChI=1S/C21H26ClN3O3/c1-4-5-8-28-20-12-19(23-13(2)26)18(22)11-17(20)21(27)24-14-9-15-6-7-16(10-14)25(15)3/h1,11-12,14-16H,5-10H2,2-3H3,(H,23,26)(H,24,27). The number of nitrogens with one attached hydrogen (secondary N) is 2. The van der Waals surface area contributed by atoms with Crippen molar-refractivity contribution in [1.82, 2.24) is 10.2 Å². The van der Waals surface area contributed by atoms with Gasteiger partial charge in [-0.1, -0.05) is 11.6 Å². The highest BCUT2D eigenvalue weighted by molar-refractivity contribution is 6.34. The van der Waals surface area contributed by atoms with Crippen molar-refractivity contribution in [2.75, 3.05) is 19.0 Å². The number of hydrogen-bond acceptors (Lipinski definition) is 4. The molecule has 2 aliphatic rings. The molecule has 2 amide bonds. The summed E-state index contributed by atoms with van der Waals surface area (Å²) in [5.74, 6) is 2.39. The zero-order valence-corrected chi connectivity index (χ0v) is 17.0. The molecule has 0 spiro atoms. The molecule has 28 heavy (non-hydrogen) atoms. The van der Waals surface area contributed by atoms with Crippen LogP contribution in [0.4, 0.5) is 5.69 Å². The maximum Gasteiger partial charge on any atom is 0.255 e. The first-order valence-corrected chi connectivity index (χ1v) is 9.97. The van der Waals surface area contributed by atoms with E-state index in [0.29, 0.717) is 35.5 Å². The molecule has 150 valence electrons. The highest BCUT2D eigenvalue weighted by Crippen LogP contribution is 2.35. The zero-order chi connectivity index (χ0) is 20.3. The van der Waals surface area contributed by atoms with Crippen LogP contribution in [0, 0.1) is 12.3 Å². The number of hydrogen-bond donors (Lipinski definition) is 2. The molecule has 2 heterocycles. The molecule has 2 aliphatic heterocycles. The van der Waals surface area contributed by atoms with Gasteiger partial charge in [0.1, 0.15) is 5.75 Å². The molecule has 0 saturated carbocycles. The number of carbonyl (C=O) groups is 2. The maximum absolute atomic E-state index is 13.0. The van der Waals surface area contributed by atoms with Gasteiger partial charge in [0.2, 0.25) is 5.91 Å². The fraction of sp³-hybridized carbons (Fsp3) is 0.524. The minimum Gasteiger partial charge on any atom is -0.492 e. The van der Waals surface area contributed by atoms with Gasteiger partial charge in [-0.05, 0) is 38.8 Å².